The fourth-order valence-electron chi connectivity index (χ4n) is 2.85. The van der Waals surface area contributed by atoms with Crippen LogP contribution in [0.25, 0.3) is 0 Å². The summed E-state index contributed by atoms with van der Waals surface area (Å²) in [6.07, 6.45) is 7.65. The lowest BCUT2D eigenvalue weighted by Crippen LogP contribution is -2.41. The summed E-state index contributed by atoms with van der Waals surface area (Å²) in [7, 11) is -1.68. The van der Waals surface area contributed by atoms with Crippen molar-refractivity contribution < 1.29 is 4.43 Å². The van der Waals surface area contributed by atoms with E-state index in [2.05, 4.69) is 26.8 Å². The molecule has 0 fully saturated rings. The molecular formula is C18H33NOSi. The Balaban J connectivity index is 2.88. The third-order valence-corrected chi connectivity index (χ3v) is 8.61. The van der Waals surface area contributed by atoms with Crippen LogP contribution in [0.4, 0.5) is 5.69 Å². The largest absolute Gasteiger partial charge is 0.543 e. The van der Waals surface area contributed by atoms with Crippen LogP contribution in [0.1, 0.15) is 59.3 Å². The molecule has 2 nitrogen and oxygen atoms in total. The highest BCUT2D eigenvalue weighted by Gasteiger charge is 2.35. The number of hydrogen-bond acceptors (Lipinski definition) is 2. The number of nitrogen functional groups attached to an aromatic ring is 1. The smallest absolute Gasteiger partial charge is 0.251 e. The van der Waals surface area contributed by atoms with Gasteiger partial charge in [0.2, 0.25) is 0 Å². The molecule has 0 spiro atoms. The average molecular weight is 308 g/mol. The van der Waals surface area contributed by atoms with E-state index in [4.69, 9.17) is 10.2 Å². The molecule has 0 unspecified atom stereocenters. The second-order valence-electron chi connectivity index (χ2n) is 6.17. The molecule has 0 heterocycles. The highest BCUT2D eigenvalue weighted by atomic mass is 28.4. The summed E-state index contributed by atoms with van der Waals surface area (Å²) in [6.45, 7) is 6.83. The van der Waals surface area contributed by atoms with Crippen LogP contribution < -0.4 is 10.2 Å². The first-order valence-corrected chi connectivity index (χ1v) is 11.2. The molecule has 0 atom stereocenters. The second kappa shape index (κ2) is 9.88. The van der Waals surface area contributed by atoms with Gasteiger partial charge in [0.1, 0.15) is 5.75 Å². The van der Waals surface area contributed by atoms with E-state index >= 15 is 0 Å². The van der Waals surface area contributed by atoms with Crippen molar-refractivity contribution in [2.24, 2.45) is 0 Å². The summed E-state index contributed by atoms with van der Waals surface area (Å²) < 4.78 is 6.65. The zero-order chi connectivity index (χ0) is 15.6. The third kappa shape index (κ3) is 6.55. The molecule has 0 aliphatic carbocycles. The van der Waals surface area contributed by atoms with Crippen LogP contribution in [0.2, 0.25) is 18.1 Å². The molecule has 0 aromatic heterocycles. The van der Waals surface area contributed by atoms with Crippen LogP contribution >= 0.6 is 0 Å². The molecule has 21 heavy (non-hydrogen) atoms. The maximum Gasteiger partial charge on any atom is 0.251 e. The summed E-state index contributed by atoms with van der Waals surface area (Å²) in [5, 5.41) is 0. The van der Waals surface area contributed by atoms with Crippen molar-refractivity contribution in [1.82, 2.24) is 0 Å². The first kappa shape index (κ1) is 18.1. The minimum Gasteiger partial charge on any atom is -0.543 e. The van der Waals surface area contributed by atoms with Crippen LogP contribution in [0, 0.1) is 0 Å². The molecule has 0 amide bonds. The zero-order valence-electron chi connectivity index (χ0n) is 14.2. The van der Waals surface area contributed by atoms with Gasteiger partial charge >= 0.3 is 0 Å². The van der Waals surface area contributed by atoms with Gasteiger partial charge in [-0.3, -0.25) is 0 Å². The highest BCUT2D eigenvalue weighted by molar-refractivity contribution is 6.74. The number of anilines is 1. The number of rotatable bonds is 11. The standard InChI is InChI=1S/C18H33NOSi/c1-4-7-13-21(14-8-5-2,15-9-6-3)20-18-12-10-11-17(19)16-18/h10-12,16H,4-9,13-15,19H2,1-3H3. The Morgan fingerprint density at radius 2 is 1.43 bits per heavy atom. The van der Waals surface area contributed by atoms with E-state index in [1.54, 1.807) is 0 Å². The molecule has 0 saturated heterocycles. The lowest BCUT2D eigenvalue weighted by atomic mass is 10.3. The number of benzene rings is 1. The molecule has 0 aliphatic heterocycles. The van der Waals surface area contributed by atoms with Gasteiger partial charge in [0, 0.05) is 11.8 Å². The predicted octanol–water partition coefficient (Wildman–Crippen LogP) is 5.99. The maximum absolute atomic E-state index is 6.65. The van der Waals surface area contributed by atoms with Crippen LogP contribution in [0.3, 0.4) is 0 Å². The van der Waals surface area contributed by atoms with E-state index in [9.17, 15) is 0 Å². The fraction of sp³-hybridized carbons (Fsp3) is 0.667. The van der Waals surface area contributed by atoms with E-state index in [1.807, 2.05) is 18.2 Å². The molecule has 0 radical (unpaired) electrons. The SMILES string of the molecule is CCCC[Si](CCCC)(CCCC)Oc1cccc(N)c1. The van der Waals surface area contributed by atoms with Gasteiger partial charge in [-0.15, -0.1) is 0 Å². The predicted molar refractivity (Wildman–Crippen MR) is 96.4 cm³/mol. The van der Waals surface area contributed by atoms with Crippen LogP contribution in [-0.4, -0.2) is 8.32 Å². The van der Waals surface area contributed by atoms with E-state index in [0.717, 1.165) is 11.4 Å². The lowest BCUT2D eigenvalue weighted by molar-refractivity contribution is 0.511. The van der Waals surface area contributed by atoms with Crippen molar-refractivity contribution in [2.75, 3.05) is 5.73 Å². The van der Waals surface area contributed by atoms with E-state index in [0.29, 0.717) is 0 Å². The zero-order valence-corrected chi connectivity index (χ0v) is 15.2. The molecule has 0 saturated carbocycles. The highest BCUT2D eigenvalue weighted by Crippen LogP contribution is 2.31. The molecule has 120 valence electrons. The minimum atomic E-state index is -1.68. The monoisotopic (exact) mass is 307 g/mol. The number of nitrogens with two attached hydrogens (primary N) is 1. The van der Waals surface area contributed by atoms with Crippen molar-refractivity contribution in [1.29, 1.82) is 0 Å². The topological polar surface area (TPSA) is 35.2 Å². The molecule has 1 rings (SSSR count). The summed E-state index contributed by atoms with van der Waals surface area (Å²) in [6, 6.07) is 11.9. The molecule has 1 aromatic rings. The van der Waals surface area contributed by atoms with E-state index < -0.39 is 8.32 Å². The quantitative estimate of drug-likeness (QED) is 0.402. The molecule has 3 heteroatoms. The van der Waals surface area contributed by atoms with Crippen molar-refractivity contribution in [3.63, 3.8) is 0 Å². The van der Waals surface area contributed by atoms with Gasteiger partial charge in [-0.1, -0.05) is 65.4 Å². The van der Waals surface area contributed by atoms with Crippen LogP contribution in [0.5, 0.6) is 5.75 Å². The van der Waals surface area contributed by atoms with Gasteiger partial charge in [-0.05, 0) is 30.3 Å². The average Bonchev–Trinajstić information content (AvgIpc) is 2.48. The maximum atomic E-state index is 6.65. The number of unbranched alkanes of at least 4 members (excludes halogenated alkanes) is 3. The van der Waals surface area contributed by atoms with Gasteiger partial charge < -0.3 is 10.2 Å². The van der Waals surface area contributed by atoms with Gasteiger partial charge in [0.15, 0.2) is 0 Å². The summed E-state index contributed by atoms with van der Waals surface area (Å²) >= 11 is 0. The van der Waals surface area contributed by atoms with E-state index in [1.165, 1.54) is 56.7 Å². The van der Waals surface area contributed by atoms with Gasteiger partial charge in [0.05, 0.1) is 0 Å². The molecule has 2 N–H and O–H groups in total. The molecule has 1 aromatic carbocycles. The second-order valence-corrected chi connectivity index (χ2v) is 10.2. The Hall–Kier alpha value is -0.963. The van der Waals surface area contributed by atoms with Crippen LogP contribution in [-0.2, 0) is 0 Å². The number of hydrogen-bond donors (Lipinski definition) is 1. The van der Waals surface area contributed by atoms with Crippen molar-refractivity contribution >= 4 is 14.0 Å². The van der Waals surface area contributed by atoms with Gasteiger partial charge in [-0.25, -0.2) is 0 Å². The summed E-state index contributed by atoms with van der Waals surface area (Å²) in [4.78, 5) is 0. The Labute approximate surface area is 132 Å². The van der Waals surface area contributed by atoms with Gasteiger partial charge in [-0.2, -0.15) is 0 Å². The minimum absolute atomic E-state index is 0.803. The lowest BCUT2D eigenvalue weighted by Gasteiger charge is -2.32. The Morgan fingerprint density at radius 3 is 1.86 bits per heavy atom. The third-order valence-electron chi connectivity index (χ3n) is 4.15. The molecule has 0 bridgehead atoms. The van der Waals surface area contributed by atoms with E-state index in [-0.39, 0.29) is 0 Å². The van der Waals surface area contributed by atoms with Crippen molar-refractivity contribution in [3.8, 4) is 5.75 Å². The molecular weight excluding hydrogens is 274 g/mol. The summed E-state index contributed by atoms with van der Waals surface area (Å²) in [5.41, 5.74) is 6.72. The summed E-state index contributed by atoms with van der Waals surface area (Å²) in [5.74, 6) is 0.991. The Morgan fingerprint density at radius 1 is 0.905 bits per heavy atom. The Bertz CT molecular complexity index is 373. The van der Waals surface area contributed by atoms with Crippen LogP contribution in [0.15, 0.2) is 24.3 Å². The fourth-order valence-corrected chi connectivity index (χ4v) is 7.53. The first-order chi connectivity index (χ1) is 10.2. The normalized spacial score (nSPS) is 11.6. The Kier molecular flexibility index (Phi) is 8.51. The molecule has 0 aliphatic rings. The van der Waals surface area contributed by atoms with Crippen molar-refractivity contribution in [2.45, 2.75) is 77.4 Å². The van der Waals surface area contributed by atoms with Crippen molar-refractivity contribution in [3.05, 3.63) is 24.3 Å². The first-order valence-electron chi connectivity index (χ1n) is 8.70. The van der Waals surface area contributed by atoms with Gasteiger partial charge in [0.25, 0.3) is 8.32 Å².